The number of benzene rings is 1. The molecule has 1 N–H and O–H groups in total. The Labute approximate surface area is 139 Å². The van der Waals surface area contributed by atoms with Crippen LogP contribution in [-0.4, -0.2) is 41.5 Å². The van der Waals surface area contributed by atoms with Crippen molar-refractivity contribution in [1.29, 1.82) is 0 Å². The molecule has 23 heavy (non-hydrogen) atoms. The smallest absolute Gasteiger partial charge is 0.307 e. The summed E-state index contributed by atoms with van der Waals surface area (Å²) < 4.78 is 5.60. The maximum absolute atomic E-state index is 12.3. The molecule has 1 aromatic heterocycles. The Hall–Kier alpha value is -1.85. The summed E-state index contributed by atoms with van der Waals surface area (Å²) in [7, 11) is 0. The third-order valence-corrected chi connectivity index (χ3v) is 4.88. The third kappa shape index (κ3) is 3.12. The van der Waals surface area contributed by atoms with Gasteiger partial charge in [-0.15, -0.1) is 0 Å². The molecule has 0 radical (unpaired) electrons. The van der Waals surface area contributed by atoms with Gasteiger partial charge < -0.3 is 14.6 Å². The van der Waals surface area contributed by atoms with Crippen molar-refractivity contribution in [3.05, 3.63) is 41.4 Å². The minimum atomic E-state index is -0.238. The molecule has 0 saturated carbocycles. The van der Waals surface area contributed by atoms with Gasteiger partial charge in [-0.1, -0.05) is 11.6 Å². The van der Waals surface area contributed by atoms with Crippen LogP contribution in [0.2, 0.25) is 5.02 Å². The molecular formula is C17H18ClN3O2. The summed E-state index contributed by atoms with van der Waals surface area (Å²) in [5.41, 5.74) is 0.850. The van der Waals surface area contributed by atoms with Crippen LogP contribution in [-0.2, 0) is 0 Å². The fraction of sp³-hybridized carbons (Fsp3) is 0.412. The van der Waals surface area contributed by atoms with Crippen LogP contribution in [0.5, 0.6) is 0 Å². The highest BCUT2D eigenvalue weighted by Gasteiger charge is 2.33. The lowest BCUT2D eigenvalue weighted by atomic mass is 9.97. The number of aromatic nitrogens is 1. The predicted molar refractivity (Wildman–Crippen MR) is 87.4 cm³/mol. The van der Waals surface area contributed by atoms with E-state index < -0.39 is 0 Å². The highest BCUT2D eigenvalue weighted by Crippen LogP contribution is 2.27. The lowest BCUT2D eigenvalue weighted by Crippen LogP contribution is -2.47. The molecule has 0 spiro atoms. The molecular weight excluding hydrogens is 314 g/mol. The number of rotatable bonds is 3. The Morgan fingerprint density at radius 2 is 2.13 bits per heavy atom. The van der Waals surface area contributed by atoms with E-state index in [4.69, 9.17) is 16.0 Å². The number of fused-ring (bicyclic) bond motifs is 2. The minimum absolute atomic E-state index is 0.114. The van der Waals surface area contributed by atoms with Gasteiger partial charge in [0.15, 0.2) is 5.76 Å². The SMILES string of the molecule is O=C(N[C@@H]1C[C@H]2CCN(C2)C1)c1ncc(-c2ccc(Cl)cc2)o1. The van der Waals surface area contributed by atoms with E-state index in [0.717, 1.165) is 25.1 Å². The number of halogens is 1. The molecule has 2 bridgehead atoms. The molecule has 2 fully saturated rings. The van der Waals surface area contributed by atoms with Gasteiger partial charge in [-0.25, -0.2) is 4.98 Å². The molecule has 120 valence electrons. The Morgan fingerprint density at radius 3 is 2.91 bits per heavy atom. The molecule has 2 saturated heterocycles. The zero-order chi connectivity index (χ0) is 15.8. The molecule has 1 amide bonds. The molecule has 3 heterocycles. The third-order valence-electron chi connectivity index (χ3n) is 4.63. The van der Waals surface area contributed by atoms with Crippen LogP contribution in [0.25, 0.3) is 11.3 Å². The van der Waals surface area contributed by atoms with E-state index in [2.05, 4.69) is 15.2 Å². The van der Waals surface area contributed by atoms with Gasteiger partial charge >= 0.3 is 5.91 Å². The number of amides is 1. The van der Waals surface area contributed by atoms with Gasteiger partial charge in [0.2, 0.25) is 0 Å². The zero-order valence-electron chi connectivity index (χ0n) is 12.7. The molecule has 5 nitrogen and oxygen atoms in total. The molecule has 3 atom stereocenters. The average molecular weight is 332 g/mol. The predicted octanol–water partition coefficient (Wildman–Crippen LogP) is 2.82. The summed E-state index contributed by atoms with van der Waals surface area (Å²) in [4.78, 5) is 18.9. The summed E-state index contributed by atoms with van der Waals surface area (Å²) in [6.45, 7) is 3.25. The van der Waals surface area contributed by atoms with Crippen LogP contribution in [0.1, 0.15) is 23.5 Å². The number of carbonyl (C=O) groups excluding carboxylic acids is 1. The fourth-order valence-corrected chi connectivity index (χ4v) is 3.66. The maximum atomic E-state index is 12.3. The van der Waals surface area contributed by atoms with E-state index in [9.17, 15) is 4.79 Å². The Morgan fingerprint density at radius 1 is 1.30 bits per heavy atom. The Balaban J connectivity index is 1.44. The Kier molecular flexibility index (Phi) is 3.83. The first kappa shape index (κ1) is 14.7. The minimum Gasteiger partial charge on any atom is -0.432 e. The molecule has 1 unspecified atom stereocenters. The molecule has 4 rings (SSSR count). The average Bonchev–Trinajstić information content (AvgIpc) is 3.15. The summed E-state index contributed by atoms with van der Waals surface area (Å²) in [5.74, 6) is 1.16. The number of oxazole rings is 1. The van der Waals surface area contributed by atoms with Gasteiger partial charge in [0.05, 0.1) is 6.20 Å². The zero-order valence-corrected chi connectivity index (χ0v) is 13.4. The molecule has 2 aliphatic rings. The first-order valence-electron chi connectivity index (χ1n) is 7.92. The van der Waals surface area contributed by atoms with E-state index >= 15 is 0 Å². The van der Waals surface area contributed by atoms with Gasteiger partial charge in [-0.3, -0.25) is 4.79 Å². The summed E-state index contributed by atoms with van der Waals surface area (Å²) in [6.07, 6.45) is 3.87. The standard InChI is InChI=1S/C17H18ClN3O2/c18-13-3-1-12(2-4-13)15-8-19-17(23-15)16(22)20-14-7-11-5-6-21(9-11)10-14/h1-4,8,11,14H,5-7,9-10H2,(H,20,22)/t11-,14-/m1/s1. The van der Waals surface area contributed by atoms with E-state index in [-0.39, 0.29) is 17.8 Å². The van der Waals surface area contributed by atoms with Crippen LogP contribution in [0.4, 0.5) is 0 Å². The van der Waals surface area contributed by atoms with Gasteiger partial charge in [0, 0.05) is 29.7 Å². The summed E-state index contributed by atoms with van der Waals surface area (Å²) in [5, 5.41) is 3.71. The quantitative estimate of drug-likeness (QED) is 0.939. The first-order valence-corrected chi connectivity index (χ1v) is 8.30. The van der Waals surface area contributed by atoms with Gasteiger partial charge in [0.25, 0.3) is 5.89 Å². The number of carbonyl (C=O) groups is 1. The number of piperidine rings is 1. The molecule has 2 aliphatic heterocycles. The monoisotopic (exact) mass is 331 g/mol. The highest BCUT2D eigenvalue weighted by atomic mass is 35.5. The van der Waals surface area contributed by atoms with Crippen molar-refractivity contribution in [2.75, 3.05) is 19.6 Å². The number of hydrogen-bond donors (Lipinski definition) is 1. The fourth-order valence-electron chi connectivity index (χ4n) is 3.54. The second-order valence-electron chi connectivity index (χ2n) is 6.36. The maximum Gasteiger partial charge on any atom is 0.307 e. The van der Waals surface area contributed by atoms with Crippen molar-refractivity contribution < 1.29 is 9.21 Å². The topological polar surface area (TPSA) is 58.4 Å². The van der Waals surface area contributed by atoms with Crippen LogP contribution in [0.3, 0.4) is 0 Å². The van der Waals surface area contributed by atoms with Crippen molar-refractivity contribution in [2.24, 2.45) is 5.92 Å². The van der Waals surface area contributed by atoms with Crippen LogP contribution in [0.15, 0.2) is 34.9 Å². The highest BCUT2D eigenvalue weighted by molar-refractivity contribution is 6.30. The van der Waals surface area contributed by atoms with E-state index in [1.165, 1.54) is 13.0 Å². The van der Waals surface area contributed by atoms with Crippen molar-refractivity contribution >= 4 is 17.5 Å². The lowest BCUT2D eigenvalue weighted by molar-refractivity contribution is 0.0875. The Bertz CT molecular complexity index is 701. The second kappa shape index (κ2) is 5.98. The molecule has 2 aromatic rings. The number of nitrogens with zero attached hydrogens (tertiary/aromatic N) is 2. The number of hydrogen-bond acceptors (Lipinski definition) is 4. The second-order valence-corrected chi connectivity index (χ2v) is 6.79. The van der Waals surface area contributed by atoms with Crippen LogP contribution < -0.4 is 5.32 Å². The van der Waals surface area contributed by atoms with Gasteiger partial charge in [-0.05, 0) is 49.6 Å². The number of nitrogens with one attached hydrogen (secondary N) is 1. The lowest BCUT2D eigenvalue weighted by Gasteiger charge is -2.30. The van der Waals surface area contributed by atoms with E-state index in [0.29, 0.717) is 16.7 Å². The van der Waals surface area contributed by atoms with Crippen molar-refractivity contribution in [2.45, 2.75) is 18.9 Å². The van der Waals surface area contributed by atoms with Crippen LogP contribution >= 0.6 is 11.6 Å². The van der Waals surface area contributed by atoms with Gasteiger partial charge in [-0.2, -0.15) is 0 Å². The van der Waals surface area contributed by atoms with E-state index in [1.807, 2.05) is 12.1 Å². The largest absolute Gasteiger partial charge is 0.432 e. The summed E-state index contributed by atoms with van der Waals surface area (Å²) >= 11 is 5.88. The van der Waals surface area contributed by atoms with Crippen molar-refractivity contribution in [1.82, 2.24) is 15.2 Å². The van der Waals surface area contributed by atoms with E-state index in [1.54, 1.807) is 18.3 Å². The van der Waals surface area contributed by atoms with Crippen LogP contribution in [0, 0.1) is 5.92 Å². The molecule has 0 aliphatic carbocycles. The van der Waals surface area contributed by atoms with Gasteiger partial charge in [0.1, 0.15) is 0 Å². The normalized spacial score (nSPS) is 26.2. The summed E-state index contributed by atoms with van der Waals surface area (Å²) in [6, 6.07) is 7.44. The molecule has 6 heteroatoms. The van der Waals surface area contributed by atoms with Crippen molar-refractivity contribution in [3.8, 4) is 11.3 Å². The molecule has 1 aromatic carbocycles. The first-order chi connectivity index (χ1) is 11.2. The van der Waals surface area contributed by atoms with Crippen molar-refractivity contribution in [3.63, 3.8) is 0 Å².